The zero-order valence-corrected chi connectivity index (χ0v) is 13.8. The van der Waals surface area contributed by atoms with Crippen molar-refractivity contribution in [3.05, 3.63) is 33.3 Å². The molecular formula is C14H17N7O3. The summed E-state index contributed by atoms with van der Waals surface area (Å²) in [5.41, 5.74) is 0.930. The number of hydrogen-bond donors (Lipinski definition) is 1. The van der Waals surface area contributed by atoms with Crippen LogP contribution in [0.25, 0.3) is 0 Å². The summed E-state index contributed by atoms with van der Waals surface area (Å²) >= 11 is 0. The van der Waals surface area contributed by atoms with Gasteiger partial charge >= 0.3 is 5.69 Å². The van der Waals surface area contributed by atoms with Crippen LogP contribution in [-0.4, -0.2) is 30.4 Å². The molecule has 0 aliphatic heterocycles. The molecule has 2 rings (SSSR count). The maximum atomic E-state index is 12.3. The smallest absolute Gasteiger partial charge is 0.310 e. The number of nitrogens with zero attached hydrogens (tertiary/aromatic N) is 6. The van der Waals surface area contributed by atoms with Crippen molar-refractivity contribution in [2.24, 2.45) is 13.0 Å². The van der Waals surface area contributed by atoms with Crippen molar-refractivity contribution in [1.82, 2.24) is 19.6 Å². The van der Waals surface area contributed by atoms with Crippen molar-refractivity contribution in [1.29, 1.82) is 5.26 Å². The van der Waals surface area contributed by atoms with Crippen LogP contribution in [0.5, 0.6) is 0 Å². The number of nitro groups is 1. The Morgan fingerprint density at radius 1 is 1.54 bits per heavy atom. The largest absolute Gasteiger partial charge is 0.312 e. The van der Waals surface area contributed by atoms with Gasteiger partial charge in [-0.1, -0.05) is 6.92 Å². The van der Waals surface area contributed by atoms with Crippen LogP contribution in [0.4, 0.5) is 11.5 Å². The lowest BCUT2D eigenvalue weighted by Gasteiger charge is -2.13. The summed E-state index contributed by atoms with van der Waals surface area (Å²) in [6.45, 7) is 5.02. The van der Waals surface area contributed by atoms with Crippen molar-refractivity contribution < 1.29 is 9.72 Å². The van der Waals surface area contributed by atoms with Crippen LogP contribution in [0.2, 0.25) is 0 Å². The Morgan fingerprint density at radius 3 is 2.75 bits per heavy atom. The van der Waals surface area contributed by atoms with Crippen LogP contribution in [-0.2, 0) is 18.4 Å². The van der Waals surface area contributed by atoms with Gasteiger partial charge in [-0.15, -0.1) is 0 Å². The second-order valence-corrected chi connectivity index (χ2v) is 5.49. The number of nitrogens with one attached hydrogen (secondary N) is 1. The second-order valence-electron chi connectivity index (χ2n) is 5.49. The quantitative estimate of drug-likeness (QED) is 0.648. The zero-order chi connectivity index (χ0) is 18.0. The number of rotatable bonds is 5. The van der Waals surface area contributed by atoms with Crippen molar-refractivity contribution in [3.8, 4) is 6.07 Å². The van der Waals surface area contributed by atoms with Gasteiger partial charge in [0.1, 0.15) is 28.8 Å². The summed E-state index contributed by atoms with van der Waals surface area (Å²) in [6.07, 6.45) is 1.37. The molecule has 0 fully saturated rings. The lowest BCUT2D eigenvalue weighted by Crippen LogP contribution is -2.26. The summed E-state index contributed by atoms with van der Waals surface area (Å²) in [7, 11) is 1.62. The minimum absolute atomic E-state index is 0.0407. The lowest BCUT2D eigenvalue weighted by molar-refractivity contribution is -0.386. The second kappa shape index (κ2) is 6.49. The van der Waals surface area contributed by atoms with Crippen molar-refractivity contribution >= 4 is 17.4 Å². The van der Waals surface area contributed by atoms with Gasteiger partial charge in [0.15, 0.2) is 0 Å². The third kappa shape index (κ3) is 3.10. The van der Waals surface area contributed by atoms with E-state index in [9.17, 15) is 14.9 Å². The molecule has 0 aliphatic carbocycles. The van der Waals surface area contributed by atoms with Gasteiger partial charge < -0.3 is 5.32 Å². The first-order valence-electron chi connectivity index (χ1n) is 7.17. The molecule has 0 aromatic carbocycles. The summed E-state index contributed by atoms with van der Waals surface area (Å²) in [5, 5.41) is 30.7. The van der Waals surface area contributed by atoms with E-state index >= 15 is 0 Å². The molecule has 2 heterocycles. The molecule has 0 radical (unpaired) electrons. The number of aromatic nitrogens is 4. The van der Waals surface area contributed by atoms with E-state index in [1.165, 1.54) is 15.6 Å². The molecule has 126 valence electrons. The molecule has 10 heteroatoms. The number of nitriles is 1. The average Bonchev–Trinajstić information content (AvgIpc) is 2.99. The molecule has 1 unspecified atom stereocenters. The van der Waals surface area contributed by atoms with E-state index in [-0.39, 0.29) is 23.7 Å². The SMILES string of the molecule is Cc1nn(CC(C)C(=O)Nc2c(C#N)cnn2C)c(C)c1[N+](=O)[O-]. The first kappa shape index (κ1) is 17.1. The highest BCUT2D eigenvalue weighted by Gasteiger charge is 2.24. The molecule has 0 bridgehead atoms. The molecule has 2 aromatic heterocycles. The molecule has 0 aliphatic rings. The van der Waals surface area contributed by atoms with E-state index in [2.05, 4.69) is 15.5 Å². The third-order valence-electron chi connectivity index (χ3n) is 3.72. The van der Waals surface area contributed by atoms with Crippen LogP contribution in [0.15, 0.2) is 6.20 Å². The maximum Gasteiger partial charge on any atom is 0.312 e. The van der Waals surface area contributed by atoms with Crippen molar-refractivity contribution in [2.75, 3.05) is 5.32 Å². The molecule has 0 saturated heterocycles. The fourth-order valence-corrected chi connectivity index (χ4v) is 2.38. The van der Waals surface area contributed by atoms with Gasteiger partial charge in [0.05, 0.1) is 23.6 Å². The Hall–Kier alpha value is -3.22. The highest BCUT2D eigenvalue weighted by molar-refractivity contribution is 5.92. The van der Waals surface area contributed by atoms with Gasteiger partial charge in [-0.3, -0.25) is 24.3 Å². The normalized spacial score (nSPS) is 11.8. The number of carbonyl (C=O) groups is 1. The van der Waals surface area contributed by atoms with Crippen molar-refractivity contribution in [3.63, 3.8) is 0 Å². The fourth-order valence-electron chi connectivity index (χ4n) is 2.38. The van der Waals surface area contributed by atoms with E-state index in [1.807, 2.05) is 6.07 Å². The molecule has 1 amide bonds. The van der Waals surface area contributed by atoms with Crippen LogP contribution in [0, 0.1) is 41.2 Å². The van der Waals surface area contributed by atoms with E-state index in [1.54, 1.807) is 27.8 Å². The standard InChI is InChI=1S/C14H17N7O3/c1-8(7-20-10(3)12(21(23)24)9(2)18-20)14(22)17-13-11(5-15)6-16-19(13)4/h6,8H,7H2,1-4H3,(H,17,22). The molecule has 1 atom stereocenters. The van der Waals surface area contributed by atoms with Crippen LogP contribution >= 0.6 is 0 Å². The predicted octanol–water partition coefficient (Wildman–Crippen LogP) is 1.29. The maximum absolute atomic E-state index is 12.3. The van der Waals surface area contributed by atoms with Gasteiger partial charge in [0.25, 0.3) is 0 Å². The molecule has 2 aromatic rings. The highest BCUT2D eigenvalue weighted by Crippen LogP contribution is 2.23. The van der Waals surface area contributed by atoms with Gasteiger partial charge in [0, 0.05) is 7.05 Å². The minimum atomic E-state index is -0.510. The Bertz CT molecular complexity index is 843. The number of carbonyl (C=O) groups excluding carboxylic acids is 1. The summed E-state index contributed by atoms with van der Waals surface area (Å²) in [6, 6.07) is 1.95. The predicted molar refractivity (Wildman–Crippen MR) is 84.1 cm³/mol. The highest BCUT2D eigenvalue weighted by atomic mass is 16.6. The topological polar surface area (TPSA) is 132 Å². The number of hydrogen-bond acceptors (Lipinski definition) is 6. The van der Waals surface area contributed by atoms with Gasteiger partial charge in [-0.25, -0.2) is 0 Å². The summed E-state index contributed by atoms with van der Waals surface area (Å²) in [5.74, 6) is -0.525. The summed E-state index contributed by atoms with van der Waals surface area (Å²) in [4.78, 5) is 22.9. The lowest BCUT2D eigenvalue weighted by atomic mass is 10.1. The summed E-state index contributed by atoms with van der Waals surface area (Å²) < 4.78 is 2.85. The first-order chi connectivity index (χ1) is 11.3. The molecule has 24 heavy (non-hydrogen) atoms. The Labute approximate surface area is 137 Å². The van der Waals surface area contributed by atoms with Crippen LogP contribution in [0.3, 0.4) is 0 Å². The van der Waals surface area contributed by atoms with E-state index < -0.39 is 10.8 Å². The van der Waals surface area contributed by atoms with Crippen LogP contribution in [0.1, 0.15) is 23.9 Å². The van der Waals surface area contributed by atoms with E-state index in [0.717, 1.165) is 0 Å². The average molecular weight is 331 g/mol. The van der Waals surface area contributed by atoms with Crippen molar-refractivity contribution in [2.45, 2.75) is 27.3 Å². The Balaban J connectivity index is 2.16. The van der Waals surface area contributed by atoms with Gasteiger partial charge in [-0.05, 0) is 13.8 Å². The number of aryl methyl sites for hydroxylation is 2. The van der Waals surface area contributed by atoms with Crippen LogP contribution < -0.4 is 5.32 Å². The minimum Gasteiger partial charge on any atom is -0.310 e. The van der Waals surface area contributed by atoms with E-state index in [0.29, 0.717) is 17.2 Å². The van der Waals surface area contributed by atoms with E-state index in [4.69, 9.17) is 5.26 Å². The molecule has 10 nitrogen and oxygen atoms in total. The fraction of sp³-hybridized carbons (Fsp3) is 0.429. The van der Waals surface area contributed by atoms with Gasteiger partial charge in [0.2, 0.25) is 5.91 Å². The third-order valence-corrected chi connectivity index (χ3v) is 3.72. The first-order valence-corrected chi connectivity index (χ1v) is 7.17. The Kier molecular flexibility index (Phi) is 4.64. The number of anilines is 1. The zero-order valence-electron chi connectivity index (χ0n) is 13.8. The molecular weight excluding hydrogens is 314 g/mol. The Morgan fingerprint density at radius 2 is 2.21 bits per heavy atom. The molecule has 1 N–H and O–H groups in total. The van der Waals surface area contributed by atoms with Gasteiger partial charge in [-0.2, -0.15) is 15.5 Å². The number of amides is 1. The molecule has 0 saturated carbocycles. The molecule has 0 spiro atoms. The monoisotopic (exact) mass is 331 g/mol.